The monoisotopic (exact) mass is 349 g/mol. The lowest BCUT2D eigenvalue weighted by Gasteiger charge is -2.13. The summed E-state index contributed by atoms with van der Waals surface area (Å²) in [7, 11) is 0. The zero-order chi connectivity index (χ0) is 13.5. The van der Waals surface area contributed by atoms with E-state index in [1.54, 1.807) is 6.20 Å². The van der Waals surface area contributed by atoms with Gasteiger partial charge in [-0.05, 0) is 44.0 Å². The molecular weight excluding hydrogens is 329 g/mol. The molecule has 0 saturated carbocycles. The molecule has 2 aromatic rings. The molecule has 0 saturated heterocycles. The van der Waals surface area contributed by atoms with Gasteiger partial charge in [-0.3, -0.25) is 0 Å². The predicted octanol–water partition coefficient (Wildman–Crippen LogP) is 4.06. The summed E-state index contributed by atoms with van der Waals surface area (Å²) in [5, 5.41) is 4.33. The van der Waals surface area contributed by atoms with E-state index in [1.165, 1.54) is 5.56 Å². The Kier molecular flexibility index (Phi) is 10.5. The average Bonchev–Trinajstić information content (AvgIpc) is 2.91. The summed E-state index contributed by atoms with van der Waals surface area (Å²) < 4.78 is 0. The van der Waals surface area contributed by atoms with Crippen LogP contribution in [0.25, 0.3) is 0 Å². The maximum absolute atomic E-state index is 5.87. The van der Waals surface area contributed by atoms with E-state index in [-0.39, 0.29) is 24.8 Å². The topological polar surface area (TPSA) is 40.7 Å². The Hall–Kier alpha value is -0.740. The summed E-state index contributed by atoms with van der Waals surface area (Å²) in [5.74, 6) is 1.06. The van der Waals surface area contributed by atoms with Crippen molar-refractivity contribution in [3.8, 4) is 0 Å². The molecule has 0 amide bonds. The van der Waals surface area contributed by atoms with Crippen LogP contribution >= 0.6 is 36.4 Å². The lowest BCUT2D eigenvalue weighted by molar-refractivity contribution is 0.531. The van der Waals surface area contributed by atoms with Gasteiger partial charge in [-0.2, -0.15) is 0 Å². The molecule has 0 bridgehead atoms. The highest BCUT2D eigenvalue weighted by Gasteiger charge is 2.03. The Labute approximate surface area is 143 Å². The Balaban J connectivity index is 0.00000200. The first-order valence-electron chi connectivity index (χ1n) is 6.70. The van der Waals surface area contributed by atoms with Gasteiger partial charge in [0.1, 0.15) is 5.82 Å². The normalized spacial score (nSPS) is 11.3. The van der Waals surface area contributed by atoms with E-state index >= 15 is 0 Å². The maximum atomic E-state index is 5.87. The van der Waals surface area contributed by atoms with Crippen molar-refractivity contribution >= 4 is 36.4 Å². The number of imidazole rings is 1. The zero-order valence-corrected chi connectivity index (χ0v) is 14.4. The van der Waals surface area contributed by atoms with E-state index in [2.05, 4.69) is 34.3 Å². The minimum Gasteiger partial charge on any atom is -0.349 e. The van der Waals surface area contributed by atoms with Crippen molar-refractivity contribution in [1.82, 2.24) is 15.3 Å². The first-order chi connectivity index (χ1) is 9.24. The first-order valence-corrected chi connectivity index (χ1v) is 7.08. The average molecular weight is 351 g/mol. The molecule has 1 atom stereocenters. The van der Waals surface area contributed by atoms with Crippen LogP contribution in [0.1, 0.15) is 24.7 Å². The number of nitrogens with one attached hydrogen (secondary N) is 2. The van der Waals surface area contributed by atoms with Crippen LogP contribution in [-0.2, 0) is 12.8 Å². The second-order valence-corrected chi connectivity index (χ2v) is 5.26. The molecule has 0 radical (unpaired) electrons. The Morgan fingerprint density at radius 3 is 2.57 bits per heavy atom. The predicted molar refractivity (Wildman–Crippen MR) is 94.0 cm³/mol. The quantitative estimate of drug-likeness (QED) is 0.739. The smallest absolute Gasteiger partial charge is 0.106 e. The fourth-order valence-corrected chi connectivity index (χ4v) is 2.21. The van der Waals surface area contributed by atoms with Gasteiger partial charge in [0.25, 0.3) is 0 Å². The van der Waals surface area contributed by atoms with Gasteiger partial charge in [-0.15, -0.1) is 24.8 Å². The zero-order valence-electron chi connectivity index (χ0n) is 12.0. The summed E-state index contributed by atoms with van der Waals surface area (Å²) in [5.41, 5.74) is 1.32. The van der Waals surface area contributed by atoms with Gasteiger partial charge in [0.15, 0.2) is 0 Å². The minimum atomic E-state index is 0. The molecule has 0 aliphatic rings. The van der Waals surface area contributed by atoms with E-state index in [9.17, 15) is 0 Å². The standard InChI is InChI=1S/C15H20ClN3.2ClH/c1-12(11-13-4-6-14(16)7-5-13)17-8-2-3-15-18-9-10-19-15;;/h4-7,9-10,12,17H,2-3,8,11H2,1H3,(H,18,19);2*1H. The van der Waals surface area contributed by atoms with Crippen LogP contribution in [0.15, 0.2) is 36.7 Å². The molecule has 6 heteroatoms. The molecule has 1 aromatic carbocycles. The molecule has 0 spiro atoms. The fraction of sp³-hybridized carbons (Fsp3) is 0.400. The lowest BCUT2D eigenvalue weighted by atomic mass is 10.1. The van der Waals surface area contributed by atoms with Crippen LogP contribution in [0.4, 0.5) is 0 Å². The summed E-state index contributed by atoms with van der Waals surface area (Å²) in [6.07, 6.45) is 6.78. The summed E-state index contributed by atoms with van der Waals surface area (Å²) in [4.78, 5) is 7.33. The molecule has 0 fully saturated rings. The number of rotatable bonds is 7. The largest absolute Gasteiger partial charge is 0.349 e. The number of nitrogens with zero attached hydrogens (tertiary/aromatic N) is 1. The molecule has 1 aromatic heterocycles. The van der Waals surface area contributed by atoms with Crippen LogP contribution in [0.5, 0.6) is 0 Å². The van der Waals surface area contributed by atoms with Crippen LogP contribution in [0, 0.1) is 0 Å². The Morgan fingerprint density at radius 1 is 1.24 bits per heavy atom. The Bertz CT molecular complexity index is 471. The molecular formula is C15H22Cl3N3. The molecule has 118 valence electrons. The number of hydrogen-bond acceptors (Lipinski definition) is 2. The van der Waals surface area contributed by atoms with Crippen molar-refractivity contribution in [3.63, 3.8) is 0 Å². The third-order valence-electron chi connectivity index (χ3n) is 3.09. The van der Waals surface area contributed by atoms with Crippen LogP contribution < -0.4 is 5.32 Å². The van der Waals surface area contributed by atoms with Gasteiger partial charge in [0.2, 0.25) is 0 Å². The van der Waals surface area contributed by atoms with Crippen molar-refractivity contribution in [1.29, 1.82) is 0 Å². The number of benzene rings is 1. The van der Waals surface area contributed by atoms with Crippen molar-refractivity contribution in [2.24, 2.45) is 0 Å². The number of halogens is 3. The SMILES string of the molecule is CC(Cc1ccc(Cl)cc1)NCCCc1ncc[nH]1.Cl.Cl. The van der Waals surface area contributed by atoms with Crippen molar-refractivity contribution in [3.05, 3.63) is 53.1 Å². The Morgan fingerprint density at radius 2 is 1.95 bits per heavy atom. The van der Waals surface area contributed by atoms with Gasteiger partial charge < -0.3 is 10.3 Å². The molecule has 2 N–H and O–H groups in total. The summed E-state index contributed by atoms with van der Waals surface area (Å²) >= 11 is 5.87. The number of aromatic nitrogens is 2. The number of H-pyrrole nitrogens is 1. The summed E-state index contributed by atoms with van der Waals surface area (Å²) in [6.45, 7) is 3.22. The molecule has 1 heterocycles. The highest BCUT2D eigenvalue weighted by molar-refractivity contribution is 6.30. The second kappa shape index (κ2) is 10.9. The van der Waals surface area contributed by atoms with Gasteiger partial charge in [0, 0.05) is 29.9 Å². The first kappa shape index (κ1) is 20.3. The molecule has 3 nitrogen and oxygen atoms in total. The maximum Gasteiger partial charge on any atom is 0.106 e. The van der Waals surface area contributed by atoms with E-state index in [0.29, 0.717) is 6.04 Å². The second-order valence-electron chi connectivity index (χ2n) is 4.83. The van der Waals surface area contributed by atoms with Gasteiger partial charge in [-0.1, -0.05) is 23.7 Å². The van der Waals surface area contributed by atoms with E-state index in [0.717, 1.165) is 36.7 Å². The molecule has 0 aliphatic carbocycles. The van der Waals surface area contributed by atoms with Crippen LogP contribution in [-0.4, -0.2) is 22.6 Å². The third kappa shape index (κ3) is 7.72. The van der Waals surface area contributed by atoms with Gasteiger partial charge >= 0.3 is 0 Å². The van der Waals surface area contributed by atoms with Crippen molar-refractivity contribution < 1.29 is 0 Å². The van der Waals surface area contributed by atoms with E-state index in [4.69, 9.17) is 11.6 Å². The van der Waals surface area contributed by atoms with Crippen LogP contribution in [0.2, 0.25) is 5.02 Å². The van der Waals surface area contributed by atoms with Crippen molar-refractivity contribution in [2.75, 3.05) is 6.54 Å². The van der Waals surface area contributed by atoms with Gasteiger partial charge in [0.05, 0.1) is 0 Å². The molecule has 2 rings (SSSR count). The number of aromatic amines is 1. The highest BCUT2D eigenvalue weighted by atomic mass is 35.5. The lowest BCUT2D eigenvalue weighted by Crippen LogP contribution is -2.29. The molecule has 21 heavy (non-hydrogen) atoms. The van der Waals surface area contributed by atoms with E-state index in [1.807, 2.05) is 18.3 Å². The van der Waals surface area contributed by atoms with Crippen molar-refractivity contribution in [2.45, 2.75) is 32.2 Å². The van der Waals surface area contributed by atoms with Crippen LogP contribution in [0.3, 0.4) is 0 Å². The number of aryl methyl sites for hydroxylation is 1. The van der Waals surface area contributed by atoms with E-state index < -0.39 is 0 Å². The molecule has 0 aliphatic heterocycles. The third-order valence-corrected chi connectivity index (χ3v) is 3.35. The minimum absolute atomic E-state index is 0. The highest BCUT2D eigenvalue weighted by Crippen LogP contribution is 2.11. The number of hydrogen-bond donors (Lipinski definition) is 2. The summed E-state index contributed by atoms with van der Waals surface area (Å²) in [6, 6.07) is 8.53. The fourth-order valence-electron chi connectivity index (χ4n) is 2.09. The van der Waals surface area contributed by atoms with Gasteiger partial charge in [-0.25, -0.2) is 4.98 Å². The molecule has 1 unspecified atom stereocenters.